The predicted molar refractivity (Wildman–Crippen MR) is 54.4 cm³/mol. The first kappa shape index (κ1) is 16.9. The molecule has 0 N–H and O–H groups in total. The number of hydrogen-bond acceptors (Lipinski definition) is 2. The van der Waals surface area contributed by atoms with Gasteiger partial charge in [-0.25, -0.2) is 26.0 Å². The Hall–Kier alpha value is -0.110. The highest BCUT2D eigenvalue weighted by atomic mass is 35.7. The smallest absolute Gasteiger partial charge is 0.235 e. The summed E-state index contributed by atoms with van der Waals surface area (Å²) in [6.45, 7) is -0.904. The van der Waals surface area contributed by atoms with Crippen molar-refractivity contribution in [3.05, 3.63) is 0 Å². The third-order valence-corrected chi connectivity index (χ3v) is 3.06. The Balaban J connectivity index is 4.32. The topological polar surface area (TPSA) is 34.1 Å². The molecule has 0 aliphatic carbocycles. The molecule has 0 aliphatic heterocycles. The molecule has 0 heterocycles. The summed E-state index contributed by atoms with van der Waals surface area (Å²) in [4.78, 5) is 0. The van der Waals surface area contributed by atoms with Gasteiger partial charge < -0.3 is 0 Å². The van der Waals surface area contributed by atoms with Gasteiger partial charge in [0, 0.05) is 10.7 Å². The molecular weight excluding hydrogens is 291 g/mol. The average Bonchev–Trinajstić information content (AvgIpc) is 2.21. The van der Waals surface area contributed by atoms with Gasteiger partial charge in [0.2, 0.25) is 9.05 Å². The van der Waals surface area contributed by atoms with Gasteiger partial charge in [0.25, 0.3) is 0 Å². The van der Waals surface area contributed by atoms with Gasteiger partial charge in [0.15, 0.2) is 12.3 Å². The first-order valence-electron chi connectivity index (χ1n) is 4.73. The van der Waals surface area contributed by atoms with Crippen LogP contribution in [0.25, 0.3) is 0 Å². The molecule has 0 saturated carbocycles. The van der Waals surface area contributed by atoms with Crippen LogP contribution in [0.2, 0.25) is 0 Å². The summed E-state index contributed by atoms with van der Waals surface area (Å²) < 4.78 is 84.2. The zero-order valence-electron chi connectivity index (χ0n) is 8.63. The van der Waals surface area contributed by atoms with Crippen molar-refractivity contribution in [2.24, 2.45) is 0 Å². The van der Waals surface area contributed by atoms with E-state index in [0.717, 1.165) is 0 Å². The summed E-state index contributed by atoms with van der Waals surface area (Å²) in [5.41, 5.74) is 0. The first-order chi connectivity index (χ1) is 7.69. The van der Waals surface area contributed by atoms with E-state index in [4.69, 9.17) is 0 Å². The minimum atomic E-state index is -4.34. The molecule has 4 unspecified atom stereocenters. The van der Waals surface area contributed by atoms with E-state index in [0.29, 0.717) is 0 Å². The largest absolute Gasteiger partial charge is 0.251 e. The molecule has 0 spiro atoms. The molecule has 0 fully saturated rings. The molecule has 9 heteroatoms. The maximum atomic E-state index is 13.0. The van der Waals surface area contributed by atoms with Crippen molar-refractivity contribution >= 4 is 19.7 Å². The second kappa shape index (κ2) is 7.35. The summed E-state index contributed by atoms with van der Waals surface area (Å²) in [7, 11) is 0.303. The van der Waals surface area contributed by atoms with Gasteiger partial charge in [0.05, 0.1) is 12.4 Å². The van der Waals surface area contributed by atoms with Gasteiger partial charge in [-0.3, -0.25) is 4.39 Å². The number of rotatable bonds is 8. The van der Waals surface area contributed by atoms with E-state index in [9.17, 15) is 30.4 Å². The lowest BCUT2D eigenvalue weighted by atomic mass is 10.0. The van der Waals surface area contributed by atoms with Gasteiger partial charge in [-0.15, -0.1) is 0 Å². The molecule has 4 atom stereocenters. The summed E-state index contributed by atoms with van der Waals surface area (Å²) in [6.07, 6.45) is -11.8. The van der Waals surface area contributed by atoms with Crippen molar-refractivity contribution in [2.75, 3.05) is 12.4 Å². The third-order valence-electron chi connectivity index (χ3n) is 1.97. The summed E-state index contributed by atoms with van der Waals surface area (Å²) in [5, 5.41) is 0. The predicted octanol–water partition coefficient (Wildman–Crippen LogP) is 2.66. The fraction of sp³-hybridized carbons (Fsp3) is 1.00. The second-order valence-electron chi connectivity index (χ2n) is 3.46. The Bertz CT molecular complexity index is 313. The van der Waals surface area contributed by atoms with Gasteiger partial charge in [-0.2, -0.15) is 0 Å². The van der Waals surface area contributed by atoms with Gasteiger partial charge in [-0.1, -0.05) is 0 Å². The standard InChI is InChI=1S/C8H12ClF5O2S/c9-17(15,16)4-6(12)8(14)7(13)5(11)2-1-3-10/h5-8H,1-4H2. The molecule has 2 nitrogen and oxygen atoms in total. The average molecular weight is 303 g/mol. The number of alkyl halides is 5. The molecular formula is C8H12ClF5O2S. The second-order valence-corrected chi connectivity index (χ2v) is 6.28. The van der Waals surface area contributed by atoms with Crippen molar-refractivity contribution in [2.45, 2.75) is 37.5 Å². The van der Waals surface area contributed by atoms with Crippen LogP contribution in [0.3, 0.4) is 0 Å². The van der Waals surface area contributed by atoms with Crippen LogP contribution in [0.15, 0.2) is 0 Å². The van der Waals surface area contributed by atoms with Crippen LogP contribution in [-0.4, -0.2) is 45.5 Å². The minimum absolute atomic E-state index is 0.320. The summed E-state index contributed by atoms with van der Waals surface area (Å²) in [5.74, 6) is -1.44. The van der Waals surface area contributed by atoms with Gasteiger partial charge in [0.1, 0.15) is 12.3 Å². The quantitative estimate of drug-likeness (QED) is 0.510. The van der Waals surface area contributed by atoms with Crippen LogP contribution in [0.1, 0.15) is 12.8 Å². The van der Waals surface area contributed by atoms with E-state index >= 15 is 0 Å². The zero-order valence-corrected chi connectivity index (χ0v) is 10.2. The Morgan fingerprint density at radius 1 is 1.00 bits per heavy atom. The molecule has 0 aromatic heterocycles. The lowest BCUT2D eigenvalue weighted by molar-refractivity contribution is 0.0355. The first-order valence-corrected chi connectivity index (χ1v) is 7.21. The lowest BCUT2D eigenvalue weighted by Gasteiger charge is -2.19. The van der Waals surface area contributed by atoms with Crippen molar-refractivity contribution in [1.29, 1.82) is 0 Å². The minimum Gasteiger partial charge on any atom is -0.251 e. The van der Waals surface area contributed by atoms with Gasteiger partial charge in [-0.05, 0) is 12.8 Å². The molecule has 0 aromatic carbocycles. The lowest BCUT2D eigenvalue weighted by Crippen LogP contribution is -2.37. The van der Waals surface area contributed by atoms with E-state index in [1.807, 2.05) is 0 Å². The molecule has 0 aromatic rings. The number of hydrogen-bond donors (Lipinski definition) is 0. The number of halogens is 6. The normalized spacial score (nSPS) is 19.6. The van der Waals surface area contributed by atoms with Crippen LogP contribution in [-0.2, 0) is 9.05 Å². The highest BCUT2D eigenvalue weighted by Crippen LogP contribution is 2.22. The summed E-state index contributed by atoms with van der Waals surface area (Å²) in [6, 6.07) is 0. The van der Waals surface area contributed by atoms with E-state index in [2.05, 4.69) is 10.7 Å². The van der Waals surface area contributed by atoms with Crippen LogP contribution in [0.4, 0.5) is 22.0 Å². The Kier molecular flexibility index (Phi) is 7.30. The van der Waals surface area contributed by atoms with Crippen molar-refractivity contribution in [1.82, 2.24) is 0 Å². The van der Waals surface area contributed by atoms with Crippen LogP contribution >= 0.6 is 10.7 Å². The Labute approximate surface area is 101 Å². The fourth-order valence-electron chi connectivity index (χ4n) is 1.11. The van der Waals surface area contributed by atoms with Crippen molar-refractivity contribution in [3.8, 4) is 0 Å². The van der Waals surface area contributed by atoms with E-state index < -0.39 is 52.6 Å². The monoisotopic (exact) mass is 302 g/mol. The fourth-order valence-corrected chi connectivity index (χ4v) is 2.04. The Morgan fingerprint density at radius 2 is 1.47 bits per heavy atom. The molecule has 0 bridgehead atoms. The highest BCUT2D eigenvalue weighted by Gasteiger charge is 2.37. The molecule has 104 valence electrons. The van der Waals surface area contributed by atoms with E-state index in [1.165, 1.54) is 0 Å². The molecule has 0 rings (SSSR count). The van der Waals surface area contributed by atoms with E-state index in [1.54, 1.807) is 0 Å². The molecule has 0 radical (unpaired) electrons. The van der Waals surface area contributed by atoms with Crippen LogP contribution < -0.4 is 0 Å². The molecule has 0 aliphatic rings. The van der Waals surface area contributed by atoms with Crippen LogP contribution in [0.5, 0.6) is 0 Å². The zero-order chi connectivity index (χ0) is 13.6. The van der Waals surface area contributed by atoms with Crippen LogP contribution in [0, 0.1) is 0 Å². The molecule has 17 heavy (non-hydrogen) atoms. The maximum absolute atomic E-state index is 13.0. The van der Waals surface area contributed by atoms with Gasteiger partial charge >= 0.3 is 0 Å². The third kappa shape index (κ3) is 7.03. The SMILES string of the molecule is O=S(=O)(Cl)CC(F)C(F)C(F)C(F)CCCF. The highest BCUT2D eigenvalue weighted by molar-refractivity contribution is 8.13. The molecule has 0 saturated heterocycles. The molecule has 0 amide bonds. The van der Waals surface area contributed by atoms with Crippen molar-refractivity contribution < 1.29 is 30.4 Å². The maximum Gasteiger partial charge on any atom is 0.235 e. The summed E-state index contributed by atoms with van der Waals surface area (Å²) >= 11 is 0. The van der Waals surface area contributed by atoms with E-state index in [-0.39, 0.29) is 6.42 Å². The Morgan fingerprint density at radius 3 is 1.88 bits per heavy atom. The van der Waals surface area contributed by atoms with Crippen molar-refractivity contribution in [3.63, 3.8) is 0 Å².